The van der Waals surface area contributed by atoms with Gasteiger partial charge in [-0.3, -0.25) is 4.79 Å². The lowest BCUT2D eigenvalue weighted by atomic mass is 10.0. The molecular weight excluding hydrogens is 408 g/mol. The number of hydrogen-bond donors (Lipinski definition) is 1. The zero-order chi connectivity index (χ0) is 20.6. The Labute approximate surface area is 172 Å². The fourth-order valence-electron chi connectivity index (χ4n) is 2.92. The van der Waals surface area contributed by atoms with E-state index >= 15 is 0 Å². The van der Waals surface area contributed by atoms with Crippen LogP contribution in [0, 0.1) is 6.92 Å². The third-order valence-corrected chi connectivity index (χ3v) is 6.41. The molecular formula is C21H16N2O4S2. The standard InChI is InChI=1S/C21H16N2O4S2/c1-13-6-9-15(10-7-13)29(25,26)27-18-11-8-14-4-2-3-5-16(14)17(18)12-19-20(24)23-21(22)28-19/h2-12H,1H3,(H2,22,23,24). The van der Waals surface area contributed by atoms with Gasteiger partial charge in [-0.2, -0.15) is 13.4 Å². The number of nitrogens with zero attached hydrogens (tertiary/aromatic N) is 1. The summed E-state index contributed by atoms with van der Waals surface area (Å²) in [5, 5.41) is 1.77. The summed E-state index contributed by atoms with van der Waals surface area (Å²) in [6.45, 7) is 1.87. The van der Waals surface area contributed by atoms with Crippen LogP contribution < -0.4 is 9.92 Å². The molecule has 0 fully saturated rings. The number of hydrogen-bond acceptors (Lipinski definition) is 6. The maximum Gasteiger partial charge on any atom is 0.339 e. The van der Waals surface area contributed by atoms with Crippen LogP contribution in [0.5, 0.6) is 5.75 Å². The zero-order valence-corrected chi connectivity index (χ0v) is 17.0. The van der Waals surface area contributed by atoms with Crippen LogP contribution in [0.3, 0.4) is 0 Å². The first kappa shape index (κ1) is 19.2. The number of fused-ring (bicyclic) bond motifs is 1. The molecule has 0 atom stereocenters. The molecule has 0 aliphatic carbocycles. The molecule has 0 spiro atoms. The minimum absolute atomic E-state index is 0.0498. The largest absolute Gasteiger partial charge is 0.378 e. The van der Waals surface area contributed by atoms with Gasteiger partial charge in [-0.15, -0.1) is 0 Å². The number of amides is 1. The van der Waals surface area contributed by atoms with Gasteiger partial charge in [0.15, 0.2) is 10.9 Å². The fourth-order valence-corrected chi connectivity index (χ4v) is 4.54. The van der Waals surface area contributed by atoms with Gasteiger partial charge in [0, 0.05) is 5.56 Å². The van der Waals surface area contributed by atoms with Crippen LogP contribution in [0.2, 0.25) is 0 Å². The molecule has 6 nitrogen and oxygen atoms in total. The number of nitrogens with two attached hydrogens (primary N) is 1. The van der Waals surface area contributed by atoms with Crippen molar-refractivity contribution in [3.8, 4) is 5.75 Å². The highest BCUT2D eigenvalue weighted by Gasteiger charge is 2.23. The number of benzene rings is 3. The Kier molecular flexibility index (Phi) is 4.89. The van der Waals surface area contributed by atoms with E-state index in [1.165, 1.54) is 12.1 Å². The molecule has 0 saturated carbocycles. The van der Waals surface area contributed by atoms with Gasteiger partial charge in [0.25, 0.3) is 5.91 Å². The van der Waals surface area contributed by atoms with Crippen LogP contribution in [0.4, 0.5) is 0 Å². The topological polar surface area (TPSA) is 98.8 Å². The zero-order valence-electron chi connectivity index (χ0n) is 15.3. The number of carbonyl (C=O) groups is 1. The lowest BCUT2D eigenvalue weighted by molar-refractivity contribution is -0.113. The van der Waals surface area contributed by atoms with Crippen LogP contribution in [0.15, 0.2) is 75.5 Å². The molecule has 4 rings (SSSR count). The fraction of sp³-hybridized carbons (Fsp3) is 0.0476. The smallest absolute Gasteiger partial charge is 0.339 e. The van der Waals surface area contributed by atoms with E-state index in [1.807, 2.05) is 31.2 Å². The van der Waals surface area contributed by atoms with Gasteiger partial charge in [0.05, 0.1) is 4.91 Å². The van der Waals surface area contributed by atoms with Crippen LogP contribution >= 0.6 is 11.8 Å². The van der Waals surface area contributed by atoms with Gasteiger partial charge in [0.2, 0.25) is 0 Å². The Morgan fingerprint density at radius 1 is 1.03 bits per heavy atom. The molecule has 1 aliphatic heterocycles. The molecule has 0 unspecified atom stereocenters. The van der Waals surface area contributed by atoms with Gasteiger partial charge in [-0.05, 0) is 53.7 Å². The summed E-state index contributed by atoms with van der Waals surface area (Å²) in [6, 6.07) is 17.2. The Bertz CT molecular complexity index is 1290. The third-order valence-electron chi connectivity index (χ3n) is 4.35. The van der Waals surface area contributed by atoms with Crippen molar-refractivity contribution in [1.82, 2.24) is 0 Å². The normalized spacial score (nSPS) is 15.7. The molecule has 146 valence electrons. The summed E-state index contributed by atoms with van der Waals surface area (Å²) < 4.78 is 31.1. The summed E-state index contributed by atoms with van der Waals surface area (Å²) in [5.41, 5.74) is 7.05. The molecule has 0 radical (unpaired) electrons. The van der Waals surface area contributed by atoms with Crippen molar-refractivity contribution in [3.63, 3.8) is 0 Å². The Hall–Kier alpha value is -3.10. The Morgan fingerprint density at radius 2 is 1.76 bits per heavy atom. The van der Waals surface area contributed by atoms with E-state index in [1.54, 1.807) is 30.3 Å². The van der Waals surface area contributed by atoms with Gasteiger partial charge in [-0.1, -0.05) is 48.0 Å². The van der Waals surface area contributed by atoms with Gasteiger partial charge in [-0.25, -0.2) is 0 Å². The van der Waals surface area contributed by atoms with E-state index in [-0.39, 0.29) is 15.8 Å². The van der Waals surface area contributed by atoms with Crippen molar-refractivity contribution in [2.24, 2.45) is 10.7 Å². The molecule has 1 aliphatic rings. The average Bonchev–Trinajstić information content (AvgIpc) is 3.00. The predicted octanol–water partition coefficient (Wildman–Crippen LogP) is 3.84. The van der Waals surface area contributed by atoms with Gasteiger partial charge < -0.3 is 9.92 Å². The molecule has 0 saturated heterocycles. The molecule has 0 bridgehead atoms. The lowest BCUT2D eigenvalue weighted by Crippen LogP contribution is -2.10. The molecule has 1 heterocycles. The van der Waals surface area contributed by atoms with E-state index in [2.05, 4.69) is 4.99 Å². The molecule has 3 aromatic carbocycles. The van der Waals surface area contributed by atoms with Crippen molar-refractivity contribution in [3.05, 3.63) is 76.7 Å². The minimum Gasteiger partial charge on any atom is -0.378 e. The average molecular weight is 425 g/mol. The number of carbonyl (C=O) groups excluding carboxylic acids is 1. The summed E-state index contributed by atoms with van der Waals surface area (Å²) in [4.78, 5) is 16.1. The van der Waals surface area contributed by atoms with E-state index in [4.69, 9.17) is 9.92 Å². The maximum atomic E-state index is 12.8. The summed E-state index contributed by atoms with van der Waals surface area (Å²) >= 11 is 1.04. The Morgan fingerprint density at radius 3 is 2.45 bits per heavy atom. The van der Waals surface area contributed by atoms with Crippen LogP contribution in [0.1, 0.15) is 11.1 Å². The predicted molar refractivity (Wildman–Crippen MR) is 115 cm³/mol. The molecule has 29 heavy (non-hydrogen) atoms. The Balaban J connectivity index is 1.83. The molecule has 1 amide bonds. The van der Waals surface area contributed by atoms with Crippen LogP contribution in [0.25, 0.3) is 16.8 Å². The summed E-state index contributed by atoms with van der Waals surface area (Å²) in [7, 11) is -4.05. The van der Waals surface area contributed by atoms with E-state index in [0.29, 0.717) is 10.5 Å². The quantitative estimate of drug-likeness (QED) is 0.505. The minimum atomic E-state index is -4.05. The SMILES string of the molecule is Cc1ccc(S(=O)(=O)Oc2ccc3ccccc3c2C=C2SC(N)=NC2=O)cc1. The third kappa shape index (κ3) is 3.90. The first-order valence-corrected chi connectivity index (χ1v) is 10.9. The second-order valence-corrected chi connectivity index (χ2v) is 9.02. The van der Waals surface area contributed by atoms with Crippen LogP contribution in [-0.2, 0) is 14.9 Å². The number of thioether (sulfide) groups is 1. The second-order valence-electron chi connectivity index (χ2n) is 6.41. The first-order chi connectivity index (χ1) is 13.8. The molecule has 2 N–H and O–H groups in total. The molecule has 3 aromatic rings. The van der Waals surface area contributed by atoms with Crippen molar-refractivity contribution < 1.29 is 17.4 Å². The number of amidine groups is 1. The van der Waals surface area contributed by atoms with Gasteiger partial charge in [0.1, 0.15) is 4.90 Å². The first-order valence-electron chi connectivity index (χ1n) is 8.64. The summed E-state index contributed by atoms with van der Waals surface area (Å²) in [6.07, 6.45) is 1.57. The number of aryl methyl sites for hydroxylation is 1. The lowest BCUT2D eigenvalue weighted by Gasteiger charge is -2.12. The maximum absolute atomic E-state index is 12.8. The highest BCUT2D eigenvalue weighted by atomic mass is 32.2. The van der Waals surface area contributed by atoms with E-state index in [9.17, 15) is 13.2 Å². The highest BCUT2D eigenvalue weighted by molar-refractivity contribution is 8.18. The van der Waals surface area contributed by atoms with Crippen molar-refractivity contribution in [2.75, 3.05) is 0 Å². The molecule has 0 aromatic heterocycles. The summed E-state index contributed by atoms with van der Waals surface area (Å²) in [5.74, 6) is -0.344. The molecule has 8 heteroatoms. The van der Waals surface area contributed by atoms with Gasteiger partial charge >= 0.3 is 10.1 Å². The highest BCUT2D eigenvalue weighted by Crippen LogP contribution is 2.35. The monoisotopic (exact) mass is 424 g/mol. The number of rotatable bonds is 4. The number of aliphatic imine (C=N–C) groups is 1. The van der Waals surface area contributed by atoms with E-state index in [0.717, 1.165) is 28.1 Å². The second kappa shape index (κ2) is 7.38. The van der Waals surface area contributed by atoms with Crippen molar-refractivity contribution >= 4 is 49.8 Å². The van der Waals surface area contributed by atoms with Crippen LogP contribution in [-0.4, -0.2) is 19.5 Å². The van der Waals surface area contributed by atoms with Crippen molar-refractivity contribution in [2.45, 2.75) is 11.8 Å². The van der Waals surface area contributed by atoms with E-state index < -0.39 is 16.0 Å². The van der Waals surface area contributed by atoms with Crippen molar-refractivity contribution in [1.29, 1.82) is 0 Å².